The van der Waals surface area contributed by atoms with Crippen LogP contribution < -0.4 is 4.90 Å². The average molecular weight is 363 g/mol. The minimum Gasteiger partial charge on any atom is -0.368 e. The van der Waals surface area contributed by atoms with Crippen LogP contribution in [0.5, 0.6) is 0 Å². The number of nitrogens with zero attached hydrogens (tertiary/aromatic N) is 4. The van der Waals surface area contributed by atoms with Gasteiger partial charge in [-0.2, -0.15) is 5.26 Å². The number of aromatic nitrogens is 1. The molecule has 1 aliphatic rings. The van der Waals surface area contributed by atoms with Gasteiger partial charge >= 0.3 is 0 Å². The molecule has 0 N–H and O–H groups in total. The molecule has 0 aliphatic carbocycles. The quantitative estimate of drug-likeness (QED) is 0.704. The summed E-state index contributed by atoms with van der Waals surface area (Å²) in [6.07, 6.45) is 1.83. The number of rotatable bonds is 3. The fraction of sp³-hybridized carbons (Fsp3) is 0.238. The Morgan fingerprint density at radius 1 is 1.04 bits per heavy atom. The molecule has 3 aromatic rings. The summed E-state index contributed by atoms with van der Waals surface area (Å²) < 4.78 is 0. The Morgan fingerprint density at radius 3 is 2.65 bits per heavy atom. The summed E-state index contributed by atoms with van der Waals surface area (Å²) in [7, 11) is 0. The Kier molecular flexibility index (Phi) is 4.75. The Bertz CT molecular complexity index is 971. The molecule has 0 spiro atoms. The molecular weight excluding hydrogens is 344 g/mol. The van der Waals surface area contributed by atoms with Gasteiger partial charge in [0, 0.05) is 49.3 Å². The van der Waals surface area contributed by atoms with Crippen molar-refractivity contribution in [3.05, 3.63) is 70.9 Å². The lowest BCUT2D eigenvalue weighted by molar-refractivity contribution is 0.250. The van der Waals surface area contributed by atoms with E-state index in [1.807, 2.05) is 48.7 Å². The smallest absolute Gasteiger partial charge is 0.101 e. The second kappa shape index (κ2) is 7.33. The molecule has 0 amide bonds. The Morgan fingerprint density at radius 2 is 1.85 bits per heavy atom. The third-order valence-corrected chi connectivity index (χ3v) is 5.10. The van der Waals surface area contributed by atoms with Crippen molar-refractivity contribution in [3.8, 4) is 6.07 Å². The minimum absolute atomic E-state index is 0.742. The van der Waals surface area contributed by atoms with Gasteiger partial charge in [0.25, 0.3) is 0 Å². The molecule has 1 saturated heterocycles. The van der Waals surface area contributed by atoms with Gasteiger partial charge in [-0.25, -0.2) is 0 Å². The van der Waals surface area contributed by atoms with E-state index in [2.05, 4.69) is 26.9 Å². The van der Waals surface area contributed by atoms with E-state index >= 15 is 0 Å². The van der Waals surface area contributed by atoms with Crippen molar-refractivity contribution in [2.75, 3.05) is 31.1 Å². The first kappa shape index (κ1) is 16.8. The number of pyridine rings is 1. The van der Waals surface area contributed by atoms with Gasteiger partial charge in [-0.15, -0.1) is 0 Å². The van der Waals surface area contributed by atoms with Crippen LogP contribution in [-0.4, -0.2) is 36.1 Å². The fourth-order valence-electron chi connectivity index (χ4n) is 3.58. The molecule has 2 aromatic carbocycles. The highest BCUT2D eigenvalue weighted by Crippen LogP contribution is 2.25. The van der Waals surface area contributed by atoms with E-state index < -0.39 is 0 Å². The summed E-state index contributed by atoms with van der Waals surface area (Å²) in [5.41, 5.74) is 3.96. The Balaban J connectivity index is 1.49. The number of anilines is 1. The van der Waals surface area contributed by atoms with Crippen LogP contribution in [0, 0.1) is 11.3 Å². The molecule has 1 fully saturated rings. The van der Waals surface area contributed by atoms with Crippen LogP contribution in [0.2, 0.25) is 5.02 Å². The molecule has 0 saturated carbocycles. The average Bonchev–Trinajstić information content (AvgIpc) is 2.68. The van der Waals surface area contributed by atoms with Gasteiger partial charge in [0.1, 0.15) is 6.07 Å². The van der Waals surface area contributed by atoms with Crippen molar-refractivity contribution in [3.63, 3.8) is 0 Å². The summed E-state index contributed by atoms with van der Waals surface area (Å²) in [6.45, 7) is 4.54. The van der Waals surface area contributed by atoms with Gasteiger partial charge in [-0.1, -0.05) is 29.8 Å². The summed E-state index contributed by atoms with van der Waals surface area (Å²) in [5.74, 6) is 0. The molecule has 130 valence electrons. The summed E-state index contributed by atoms with van der Waals surface area (Å²) in [4.78, 5) is 9.26. The third kappa shape index (κ3) is 3.37. The molecule has 26 heavy (non-hydrogen) atoms. The lowest BCUT2D eigenvalue weighted by Crippen LogP contribution is -2.46. The van der Waals surface area contributed by atoms with Crippen LogP contribution in [0.1, 0.15) is 11.1 Å². The molecule has 4 nitrogen and oxygen atoms in total. The number of benzene rings is 2. The lowest BCUT2D eigenvalue weighted by Gasteiger charge is -2.36. The lowest BCUT2D eigenvalue weighted by atomic mass is 10.1. The number of nitriles is 1. The molecule has 2 heterocycles. The molecule has 0 unspecified atom stereocenters. The molecule has 0 bridgehead atoms. The normalized spacial score (nSPS) is 15.2. The molecular formula is C21H19ClN4. The predicted molar refractivity (Wildman–Crippen MR) is 105 cm³/mol. The topological polar surface area (TPSA) is 43.2 Å². The monoisotopic (exact) mass is 362 g/mol. The molecule has 4 rings (SSSR count). The number of halogens is 1. The summed E-state index contributed by atoms with van der Waals surface area (Å²) in [5, 5.41) is 11.1. The number of hydrogen-bond donors (Lipinski definition) is 0. The number of hydrogen-bond acceptors (Lipinski definition) is 4. The highest BCUT2D eigenvalue weighted by molar-refractivity contribution is 6.31. The minimum atomic E-state index is 0.742. The number of fused-ring (bicyclic) bond motifs is 1. The van der Waals surface area contributed by atoms with Crippen LogP contribution in [0.25, 0.3) is 10.9 Å². The zero-order valence-electron chi connectivity index (χ0n) is 14.4. The van der Waals surface area contributed by atoms with Crippen molar-refractivity contribution >= 4 is 28.2 Å². The summed E-state index contributed by atoms with van der Waals surface area (Å²) >= 11 is 6.29. The maximum absolute atomic E-state index is 9.32. The number of para-hydroxylation sites is 1. The second-order valence-electron chi connectivity index (χ2n) is 6.53. The second-order valence-corrected chi connectivity index (χ2v) is 6.97. The zero-order chi connectivity index (χ0) is 17.9. The van der Waals surface area contributed by atoms with Crippen LogP contribution in [0.4, 0.5) is 5.69 Å². The first-order valence-corrected chi connectivity index (χ1v) is 9.12. The SMILES string of the molecule is N#Cc1ccccc1N1CCN(Cc2cc(Cl)cc3cccnc23)CC1. The number of piperazine rings is 1. The van der Waals surface area contributed by atoms with E-state index in [0.717, 1.165) is 59.9 Å². The van der Waals surface area contributed by atoms with Crippen molar-refractivity contribution in [2.24, 2.45) is 0 Å². The molecule has 1 aromatic heterocycles. The van der Waals surface area contributed by atoms with Gasteiger partial charge in [0.05, 0.1) is 16.8 Å². The van der Waals surface area contributed by atoms with Gasteiger partial charge in [-0.3, -0.25) is 9.88 Å². The van der Waals surface area contributed by atoms with Crippen LogP contribution in [0.15, 0.2) is 54.7 Å². The molecule has 1 aliphatic heterocycles. The first-order valence-electron chi connectivity index (χ1n) is 8.74. The van der Waals surface area contributed by atoms with E-state index in [4.69, 9.17) is 11.6 Å². The van der Waals surface area contributed by atoms with E-state index in [0.29, 0.717) is 0 Å². The zero-order valence-corrected chi connectivity index (χ0v) is 15.2. The Hall–Kier alpha value is -2.61. The Labute approximate surface area is 158 Å². The van der Waals surface area contributed by atoms with Gasteiger partial charge in [0.2, 0.25) is 0 Å². The molecule has 0 atom stereocenters. The van der Waals surface area contributed by atoms with Crippen molar-refractivity contribution in [1.29, 1.82) is 5.26 Å². The standard InChI is InChI=1S/C21H19ClN4/c22-19-12-16-5-3-7-24-21(16)18(13-19)15-25-8-10-26(11-9-25)20-6-2-1-4-17(20)14-23/h1-7,12-13H,8-11,15H2. The van der Waals surface area contributed by atoms with Crippen LogP contribution in [0.3, 0.4) is 0 Å². The van der Waals surface area contributed by atoms with Crippen LogP contribution >= 0.6 is 11.6 Å². The molecule has 5 heteroatoms. The molecule has 0 radical (unpaired) electrons. The highest BCUT2D eigenvalue weighted by Gasteiger charge is 2.20. The highest BCUT2D eigenvalue weighted by atomic mass is 35.5. The van der Waals surface area contributed by atoms with Gasteiger partial charge < -0.3 is 4.90 Å². The fourth-order valence-corrected chi connectivity index (χ4v) is 3.83. The maximum atomic E-state index is 9.32. The summed E-state index contributed by atoms with van der Waals surface area (Å²) in [6, 6.07) is 18.1. The predicted octanol–water partition coefficient (Wildman–Crippen LogP) is 4.08. The van der Waals surface area contributed by atoms with Crippen molar-refractivity contribution in [1.82, 2.24) is 9.88 Å². The van der Waals surface area contributed by atoms with Crippen LogP contribution in [-0.2, 0) is 6.54 Å². The third-order valence-electron chi connectivity index (χ3n) is 4.88. The van der Waals surface area contributed by atoms with Gasteiger partial charge in [-0.05, 0) is 35.9 Å². The van der Waals surface area contributed by atoms with Crippen molar-refractivity contribution in [2.45, 2.75) is 6.54 Å². The van der Waals surface area contributed by atoms with E-state index in [1.54, 1.807) is 0 Å². The van der Waals surface area contributed by atoms with E-state index in [-0.39, 0.29) is 0 Å². The largest absolute Gasteiger partial charge is 0.368 e. The maximum Gasteiger partial charge on any atom is 0.101 e. The van der Waals surface area contributed by atoms with E-state index in [1.165, 1.54) is 5.56 Å². The van der Waals surface area contributed by atoms with Crippen molar-refractivity contribution < 1.29 is 0 Å². The first-order chi connectivity index (χ1) is 12.7. The van der Waals surface area contributed by atoms with Gasteiger partial charge in [0.15, 0.2) is 0 Å². The van der Waals surface area contributed by atoms with E-state index in [9.17, 15) is 5.26 Å².